The fourth-order valence-corrected chi connectivity index (χ4v) is 5.08. The van der Waals surface area contributed by atoms with Crippen LogP contribution >= 0.6 is 0 Å². The highest BCUT2D eigenvalue weighted by Gasteiger charge is 2.37. The Morgan fingerprint density at radius 2 is 1.46 bits per heavy atom. The smallest absolute Gasteiger partial charge is 0.161 e. The monoisotopic (exact) mass is 398 g/mol. The molecule has 0 amide bonds. The molecule has 0 aliphatic heterocycles. The molecule has 0 saturated heterocycles. The quantitative estimate of drug-likeness (QED) is 0.429. The summed E-state index contributed by atoms with van der Waals surface area (Å²) in [7, 11) is 0. The molecule has 158 valence electrons. The van der Waals surface area contributed by atoms with E-state index < -0.39 is 23.0 Å². The number of aryl methyl sites for hydroxylation is 2. The Kier molecular flexibility index (Phi) is 6.76. The highest BCUT2D eigenvalue weighted by Crippen LogP contribution is 2.43. The minimum absolute atomic E-state index is 0.345. The summed E-state index contributed by atoms with van der Waals surface area (Å²) >= 11 is 0. The van der Waals surface area contributed by atoms with Crippen molar-refractivity contribution < 1.29 is 17.6 Å². The molecule has 0 heterocycles. The molecule has 4 heteroatoms. The van der Waals surface area contributed by atoms with Crippen molar-refractivity contribution in [3.63, 3.8) is 0 Å². The van der Waals surface area contributed by atoms with Gasteiger partial charge in [0.2, 0.25) is 0 Å². The number of alkyl halides is 2. The van der Waals surface area contributed by atoms with Crippen molar-refractivity contribution in [2.45, 2.75) is 102 Å². The summed E-state index contributed by atoms with van der Waals surface area (Å²) in [6.07, 6.45) is 9.04. The lowest BCUT2D eigenvalue weighted by molar-refractivity contribution is 0.0530. The van der Waals surface area contributed by atoms with Crippen LogP contribution in [0.3, 0.4) is 0 Å². The molecule has 2 aliphatic rings. The number of halogens is 4. The van der Waals surface area contributed by atoms with Crippen molar-refractivity contribution in [1.29, 1.82) is 0 Å². The third kappa shape index (κ3) is 5.73. The number of hydrogen-bond donors (Lipinski definition) is 0. The molecule has 0 unspecified atom stereocenters. The molecule has 0 N–H and O–H groups in total. The predicted octanol–water partition coefficient (Wildman–Crippen LogP) is 7.80. The Balaban J connectivity index is 1.40. The summed E-state index contributed by atoms with van der Waals surface area (Å²) in [5.74, 6) is -0.611. The van der Waals surface area contributed by atoms with Crippen molar-refractivity contribution in [2.75, 3.05) is 0 Å². The molecule has 2 aliphatic carbocycles. The molecule has 0 radical (unpaired) electrons. The van der Waals surface area contributed by atoms with E-state index in [-0.39, 0.29) is 0 Å². The van der Waals surface area contributed by atoms with Gasteiger partial charge in [-0.2, -0.15) is 0 Å². The van der Waals surface area contributed by atoms with Crippen LogP contribution in [0.5, 0.6) is 0 Å². The topological polar surface area (TPSA) is 0 Å². The fourth-order valence-electron chi connectivity index (χ4n) is 5.08. The van der Waals surface area contributed by atoms with Gasteiger partial charge >= 0.3 is 0 Å². The van der Waals surface area contributed by atoms with Crippen molar-refractivity contribution >= 4 is 0 Å². The van der Waals surface area contributed by atoms with E-state index in [2.05, 4.69) is 0 Å². The third-order valence-electron chi connectivity index (χ3n) is 7.26. The molecule has 1 aromatic rings. The van der Waals surface area contributed by atoms with E-state index in [0.29, 0.717) is 55.9 Å². The second kappa shape index (κ2) is 8.75. The summed E-state index contributed by atoms with van der Waals surface area (Å²) in [6, 6.07) is 3.00. The first kappa shape index (κ1) is 21.6. The van der Waals surface area contributed by atoms with E-state index in [1.165, 1.54) is 6.07 Å². The first-order valence-corrected chi connectivity index (χ1v) is 11.0. The van der Waals surface area contributed by atoms with E-state index in [0.717, 1.165) is 44.1 Å². The van der Waals surface area contributed by atoms with Gasteiger partial charge in [-0.25, -0.2) is 17.6 Å². The lowest BCUT2D eigenvalue weighted by Crippen LogP contribution is -2.31. The Hall–Kier alpha value is -1.06. The summed E-state index contributed by atoms with van der Waals surface area (Å²) in [6.45, 7) is 3.27. The zero-order valence-electron chi connectivity index (χ0n) is 17.3. The van der Waals surface area contributed by atoms with E-state index in [1.807, 2.05) is 0 Å². The molecular weight excluding hydrogens is 364 g/mol. The van der Waals surface area contributed by atoms with Crippen molar-refractivity contribution in [3.05, 3.63) is 34.9 Å². The van der Waals surface area contributed by atoms with Crippen molar-refractivity contribution in [1.82, 2.24) is 0 Å². The van der Waals surface area contributed by atoms with Crippen LogP contribution in [-0.2, 0) is 6.42 Å². The Morgan fingerprint density at radius 1 is 0.893 bits per heavy atom. The van der Waals surface area contributed by atoms with Gasteiger partial charge in [-0.3, -0.25) is 0 Å². The lowest BCUT2D eigenvalue weighted by atomic mass is 9.73. The number of rotatable bonds is 6. The van der Waals surface area contributed by atoms with Crippen LogP contribution in [0.2, 0.25) is 0 Å². The van der Waals surface area contributed by atoms with Crippen LogP contribution in [0.4, 0.5) is 17.6 Å². The van der Waals surface area contributed by atoms with Crippen molar-refractivity contribution in [3.8, 4) is 0 Å². The zero-order valence-corrected chi connectivity index (χ0v) is 17.3. The summed E-state index contributed by atoms with van der Waals surface area (Å²) in [5.41, 5.74) is -0.915. The van der Waals surface area contributed by atoms with Gasteiger partial charge in [0.05, 0.1) is 0 Å². The van der Waals surface area contributed by atoms with Gasteiger partial charge in [0.1, 0.15) is 11.3 Å². The maximum Gasteiger partial charge on any atom is 0.161 e. The minimum atomic E-state index is -1.06. The van der Waals surface area contributed by atoms with Gasteiger partial charge in [0.25, 0.3) is 0 Å². The van der Waals surface area contributed by atoms with Gasteiger partial charge < -0.3 is 0 Å². The fraction of sp³-hybridized carbons (Fsp3) is 0.750. The normalized spacial score (nSPS) is 33.8. The zero-order chi connectivity index (χ0) is 20.4. The Bertz CT molecular complexity index is 626. The summed E-state index contributed by atoms with van der Waals surface area (Å²) < 4.78 is 56.0. The largest absolute Gasteiger partial charge is 0.244 e. The van der Waals surface area contributed by atoms with Crippen LogP contribution in [0, 0.1) is 30.4 Å². The Morgan fingerprint density at radius 3 is 2.07 bits per heavy atom. The molecule has 0 atom stereocenters. The molecule has 0 bridgehead atoms. The second-order valence-corrected chi connectivity index (χ2v) is 9.74. The van der Waals surface area contributed by atoms with E-state index in [9.17, 15) is 13.2 Å². The SMILES string of the molecule is Cc1cc(CCC2CCC(F)(CCC3CCC(C)(F)CC3)CC2)cc(F)c1F. The number of benzene rings is 1. The molecule has 28 heavy (non-hydrogen) atoms. The Labute approximate surface area is 167 Å². The van der Waals surface area contributed by atoms with E-state index in [1.54, 1.807) is 19.9 Å². The maximum atomic E-state index is 15.2. The van der Waals surface area contributed by atoms with Gasteiger partial charge in [0.15, 0.2) is 11.6 Å². The summed E-state index contributed by atoms with van der Waals surface area (Å²) in [4.78, 5) is 0. The summed E-state index contributed by atoms with van der Waals surface area (Å²) in [5, 5.41) is 0. The van der Waals surface area contributed by atoms with Crippen molar-refractivity contribution in [2.24, 2.45) is 11.8 Å². The van der Waals surface area contributed by atoms with Crippen LogP contribution in [0.15, 0.2) is 12.1 Å². The van der Waals surface area contributed by atoms with Crippen LogP contribution in [0.25, 0.3) is 0 Å². The molecule has 0 spiro atoms. The molecule has 0 nitrogen and oxygen atoms in total. The van der Waals surface area contributed by atoms with E-state index in [4.69, 9.17) is 0 Å². The first-order chi connectivity index (χ1) is 13.2. The second-order valence-electron chi connectivity index (χ2n) is 9.74. The van der Waals surface area contributed by atoms with Gasteiger partial charge in [-0.15, -0.1) is 0 Å². The molecule has 0 aromatic heterocycles. The maximum absolute atomic E-state index is 15.2. The minimum Gasteiger partial charge on any atom is -0.244 e. The average molecular weight is 399 g/mol. The first-order valence-electron chi connectivity index (χ1n) is 11.0. The highest BCUT2D eigenvalue weighted by atomic mass is 19.2. The molecular formula is C24H34F4. The van der Waals surface area contributed by atoms with Gasteiger partial charge in [0, 0.05) is 0 Å². The highest BCUT2D eigenvalue weighted by molar-refractivity contribution is 5.25. The lowest BCUT2D eigenvalue weighted by Gasteiger charge is -2.36. The van der Waals surface area contributed by atoms with Crippen LogP contribution in [-0.4, -0.2) is 11.3 Å². The van der Waals surface area contributed by atoms with Crippen LogP contribution in [0.1, 0.15) is 88.7 Å². The standard InChI is InChI=1S/C24H34F4/c1-17-15-20(16-21(25)22(17)26)4-3-18-7-12-24(28,13-8-18)14-9-19-5-10-23(2,27)11-6-19/h15-16,18-19H,3-14H2,1-2H3. The predicted molar refractivity (Wildman–Crippen MR) is 106 cm³/mol. The molecule has 1 aromatic carbocycles. The van der Waals surface area contributed by atoms with Gasteiger partial charge in [-0.1, -0.05) is 6.07 Å². The molecule has 2 fully saturated rings. The molecule has 2 saturated carbocycles. The van der Waals surface area contributed by atoms with Crippen LogP contribution < -0.4 is 0 Å². The van der Waals surface area contributed by atoms with E-state index >= 15 is 4.39 Å². The van der Waals surface area contributed by atoms with Gasteiger partial charge in [-0.05, 0) is 120 Å². The average Bonchev–Trinajstić information content (AvgIpc) is 2.65. The number of hydrogen-bond acceptors (Lipinski definition) is 0. The third-order valence-corrected chi connectivity index (χ3v) is 7.26. The molecule has 3 rings (SSSR count).